The Kier molecular flexibility index (Phi) is 5.43. The Balaban J connectivity index is 1.75. The van der Waals surface area contributed by atoms with Gasteiger partial charge in [0.1, 0.15) is 17.1 Å². The summed E-state index contributed by atoms with van der Waals surface area (Å²) in [7, 11) is 3.02. The van der Waals surface area contributed by atoms with E-state index in [-0.39, 0.29) is 5.91 Å². The second-order valence-electron chi connectivity index (χ2n) is 5.54. The molecular weight excluding hydrogens is 354 g/mol. The fourth-order valence-corrected chi connectivity index (χ4v) is 2.69. The molecule has 7 heteroatoms. The smallest absolute Gasteiger partial charge is 0.263 e. The van der Waals surface area contributed by atoms with Gasteiger partial charge in [0.05, 0.1) is 32.6 Å². The van der Waals surface area contributed by atoms with E-state index in [0.29, 0.717) is 34.3 Å². The number of nitrogens with zero attached hydrogens (tertiary/aromatic N) is 2. The summed E-state index contributed by atoms with van der Waals surface area (Å²) in [4.78, 5) is 12.7. The van der Waals surface area contributed by atoms with Crippen LogP contribution < -0.4 is 14.8 Å². The van der Waals surface area contributed by atoms with Gasteiger partial charge in [0.2, 0.25) is 0 Å². The third kappa shape index (κ3) is 3.97. The monoisotopic (exact) mass is 371 g/mol. The number of amides is 1. The minimum atomic E-state index is -0.328. The summed E-state index contributed by atoms with van der Waals surface area (Å²) in [5.41, 5.74) is 1.97. The summed E-state index contributed by atoms with van der Waals surface area (Å²) >= 11 is 5.89. The van der Waals surface area contributed by atoms with Crippen molar-refractivity contribution in [3.05, 3.63) is 71.0 Å². The van der Waals surface area contributed by atoms with Gasteiger partial charge >= 0.3 is 0 Å². The van der Waals surface area contributed by atoms with Crippen LogP contribution in [0.5, 0.6) is 11.5 Å². The van der Waals surface area contributed by atoms with Crippen LogP contribution in [0.15, 0.2) is 54.9 Å². The Morgan fingerprint density at radius 1 is 1.12 bits per heavy atom. The van der Waals surface area contributed by atoms with Gasteiger partial charge in [-0.25, -0.2) is 0 Å². The number of carbonyl (C=O) groups excluding carboxylic acids is 1. The highest BCUT2D eigenvalue weighted by atomic mass is 35.5. The molecule has 0 radical (unpaired) electrons. The van der Waals surface area contributed by atoms with Crippen molar-refractivity contribution in [1.82, 2.24) is 9.78 Å². The topological polar surface area (TPSA) is 65.4 Å². The molecule has 1 N–H and O–H groups in total. The molecule has 6 nitrogen and oxygen atoms in total. The normalized spacial score (nSPS) is 10.4. The van der Waals surface area contributed by atoms with Crippen molar-refractivity contribution in [2.24, 2.45) is 0 Å². The molecule has 2 aromatic carbocycles. The number of anilines is 1. The highest BCUT2D eigenvalue weighted by Gasteiger charge is 2.18. The first-order valence-corrected chi connectivity index (χ1v) is 8.27. The molecule has 3 rings (SSSR count). The van der Waals surface area contributed by atoms with Crippen molar-refractivity contribution in [3.8, 4) is 11.5 Å². The van der Waals surface area contributed by atoms with Gasteiger partial charge in [-0.3, -0.25) is 9.48 Å². The van der Waals surface area contributed by atoms with E-state index in [1.807, 2.05) is 24.3 Å². The average Bonchev–Trinajstić information content (AvgIpc) is 3.09. The van der Waals surface area contributed by atoms with Gasteiger partial charge in [-0.05, 0) is 29.8 Å². The van der Waals surface area contributed by atoms with Crippen molar-refractivity contribution in [2.45, 2.75) is 6.54 Å². The molecule has 26 heavy (non-hydrogen) atoms. The van der Waals surface area contributed by atoms with Crippen LogP contribution >= 0.6 is 11.6 Å². The number of nitrogens with one attached hydrogen (secondary N) is 1. The SMILES string of the molecule is COc1cccc(OC)c1C(=O)Nc1cnn(Cc2ccc(Cl)cc2)c1. The largest absolute Gasteiger partial charge is 0.496 e. The summed E-state index contributed by atoms with van der Waals surface area (Å²) in [6, 6.07) is 12.7. The van der Waals surface area contributed by atoms with Gasteiger partial charge in [0, 0.05) is 11.2 Å². The molecule has 0 saturated carbocycles. The van der Waals surface area contributed by atoms with Crippen LogP contribution in [-0.4, -0.2) is 29.9 Å². The second-order valence-corrected chi connectivity index (χ2v) is 5.98. The molecule has 0 bridgehead atoms. The minimum Gasteiger partial charge on any atom is -0.496 e. The van der Waals surface area contributed by atoms with Gasteiger partial charge in [0.25, 0.3) is 5.91 Å². The minimum absolute atomic E-state index is 0.328. The highest BCUT2D eigenvalue weighted by molar-refractivity contribution is 6.30. The number of ether oxygens (including phenoxy) is 2. The Morgan fingerprint density at radius 3 is 2.38 bits per heavy atom. The molecule has 0 fully saturated rings. The van der Waals surface area contributed by atoms with Gasteiger partial charge in [-0.15, -0.1) is 0 Å². The van der Waals surface area contributed by atoms with E-state index >= 15 is 0 Å². The van der Waals surface area contributed by atoms with E-state index in [0.717, 1.165) is 5.56 Å². The molecular formula is C19H18ClN3O3. The van der Waals surface area contributed by atoms with Crippen LogP contribution in [-0.2, 0) is 6.54 Å². The van der Waals surface area contributed by atoms with Gasteiger partial charge in [-0.2, -0.15) is 5.10 Å². The fraction of sp³-hybridized carbons (Fsp3) is 0.158. The molecule has 134 valence electrons. The molecule has 3 aromatic rings. The molecule has 0 unspecified atom stereocenters. The molecule has 0 spiro atoms. The summed E-state index contributed by atoms with van der Waals surface area (Å²) < 4.78 is 12.3. The molecule has 0 saturated heterocycles. The zero-order chi connectivity index (χ0) is 18.5. The lowest BCUT2D eigenvalue weighted by molar-refractivity contribution is 0.102. The van der Waals surface area contributed by atoms with Crippen molar-refractivity contribution in [2.75, 3.05) is 19.5 Å². The number of halogens is 1. The van der Waals surface area contributed by atoms with E-state index in [1.54, 1.807) is 35.3 Å². The van der Waals surface area contributed by atoms with Crippen LogP contribution in [0.2, 0.25) is 5.02 Å². The van der Waals surface area contributed by atoms with Crippen molar-refractivity contribution >= 4 is 23.2 Å². The standard InChI is InChI=1S/C19H18ClN3O3/c1-25-16-4-3-5-17(26-2)18(16)19(24)22-15-10-21-23(12-15)11-13-6-8-14(20)9-7-13/h3-10,12H,11H2,1-2H3,(H,22,24). The van der Waals surface area contributed by atoms with Crippen LogP contribution in [0.1, 0.15) is 15.9 Å². The van der Waals surface area contributed by atoms with Crippen LogP contribution in [0.25, 0.3) is 0 Å². The predicted octanol–water partition coefficient (Wildman–Crippen LogP) is 3.85. The first-order chi connectivity index (χ1) is 12.6. The van der Waals surface area contributed by atoms with E-state index < -0.39 is 0 Å². The molecule has 0 atom stereocenters. The number of methoxy groups -OCH3 is 2. The average molecular weight is 372 g/mol. The molecule has 1 aromatic heterocycles. The van der Waals surface area contributed by atoms with Gasteiger partial charge < -0.3 is 14.8 Å². The first-order valence-electron chi connectivity index (χ1n) is 7.90. The molecule has 0 aliphatic heterocycles. The fourth-order valence-electron chi connectivity index (χ4n) is 2.56. The zero-order valence-corrected chi connectivity index (χ0v) is 15.2. The zero-order valence-electron chi connectivity index (χ0n) is 14.4. The van der Waals surface area contributed by atoms with E-state index in [9.17, 15) is 4.79 Å². The lowest BCUT2D eigenvalue weighted by Gasteiger charge is -2.12. The van der Waals surface area contributed by atoms with Crippen LogP contribution in [0, 0.1) is 0 Å². The van der Waals surface area contributed by atoms with E-state index in [2.05, 4.69) is 10.4 Å². The number of rotatable bonds is 6. The first kappa shape index (κ1) is 17.8. The van der Waals surface area contributed by atoms with E-state index in [1.165, 1.54) is 14.2 Å². The summed E-state index contributed by atoms with van der Waals surface area (Å²) in [5, 5.41) is 7.78. The Labute approximate surface area is 156 Å². The second kappa shape index (κ2) is 7.93. The third-order valence-corrected chi connectivity index (χ3v) is 4.06. The van der Waals surface area contributed by atoms with Crippen LogP contribution in [0.3, 0.4) is 0 Å². The third-order valence-electron chi connectivity index (χ3n) is 3.80. The number of hydrogen-bond donors (Lipinski definition) is 1. The Bertz CT molecular complexity index is 884. The van der Waals surface area contributed by atoms with E-state index in [4.69, 9.17) is 21.1 Å². The predicted molar refractivity (Wildman–Crippen MR) is 100 cm³/mol. The lowest BCUT2D eigenvalue weighted by atomic mass is 10.1. The van der Waals surface area contributed by atoms with Gasteiger partial charge in [0.15, 0.2) is 0 Å². The number of benzene rings is 2. The molecule has 0 aliphatic rings. The number of aromatic nitrogens is 2. The van der Waals surface area contributed by atoms with Crippen LogP contribution in [0.4, 0.5) is 5.69 Å². The lowest BCUT2D eigenvalue weighted by Crippen LogP contribution is -2.14. The maximum atomic E-state index is 12.7. The highest BCUT2D eigenvalue weighted by Crippen LogP contribution is 2.29. The Morgan fingerprint density at radius 2 is 1.77 bits per heavy atom. The quantitative estimate of drug-likeness (QED) is 0.714. The summed E-state index contributed by atoms with van der Waals surface area (Å²) in [5.74, 6) is 0.552. The summed E-state index contributed by atoms with van der Waals surface area (Å²) in [6.45, 7) is 0.574. The Hall–Kier alpha value is -2.99. The van der Waals surface area contributed by atoms with Gasteiger partial charge in [-0.1, -0.05) is 29.8 Å². The molecule has 1 heterocycles. The number of carbonyl (C=O) groups is 1. The maximum absolute atomic E-state index is 12.7. The van der Waals surface area contributed by atoms with Crippen molar-refractivity contribution < 1.29 is 14.3 Å². The maximum Gasteiger partial charge on any atom is 0.263 e. The molecule has 1 amide bonds. The summed E-state index contributed by atoms with van der Waals surface area (Å²) in [6.07, 6.45) is 3.35. The van der Waals surface area contributed by atoms with Crippen molar-refractivity contribution in [1.29, 1.82) is 0 Å². The molecule has 0 aliphatic carbocycles. The number of hydrogen-bond acceptors (Lipinski definition) is 4. The van der Waals surface area contributed by atoms with Crippen molar-refractivity contribution in [3.63, 3.8) is 0 Å².